The summed E-state index contributed by atoms with van der Waals surface area (Å²) in [6.45, 7) is 1.15. The number of nitro groups is 1. The zero-order valence-electron chi connectivity index (χ0n) is 14.4. The van der Waals surface area contributed by atoms with Crippen LogP contribution in [0.4, 0.5) is 30.2 Å². The van der Waals surface area contributed by atoms with Gasteiger partial charge in [0, 0.05) is 30.8 Å². The molecule has 0 saturated carbocycles. The highest BCUT2D eigenvalue weighted by Crippen LogP contribution is 2.36. The molecule has 0 spiro atoms. The van der Waals surface area contributed by atoms with Crippen molar-refractivity contribution < 1.29 is 27.7 Å². The van der Waals surface area contributed by atoms with Crippen LogP contribution < -0.4 is 10.6 Å². The van der Waals surface area contributed by atoms with Crippen LogP contribution in [0.1, 0.15) is 18.1 Å². The highest BCUT2D eigenvalue weighted by Gasteiger charge is 2.34. The van der Waals surface area contributed by atoms with E-state index in [1.54, 1.807) is 0 Å². The highest BCUT2D eigenvalue weighted by molar-refractivity contribution is 6.02. The lowest BCUT2D eigenvalue weighted by molar-refractivity contribution is -0.384. The lowest BCUT2D eigenvalue weighted by Crippen LogP contribution is -2.16. The van der Waals surface area contributed by atoms with Crippen molar-refractivity contribution in [1.29, 1.82) is 0 Å². The molecule has 2 aromatic carbocycles. The van der Waals surface area contributed by atoms with Crippen LogP contribution in [0.3, 0.4) is 0 Å². The van der Waals surface area contributed by atoms with Crippen molar-refractivity contribution in [2.45, 2.75) is 13.1 Å². The SMILES string of the molecule is CC(=O)Nc1ccc(NC(=O)/C=C/c2cccc([N+](=O)[O-])c2)c(C(F)(F)F)c1. The molecule has 10 heteroatoms. The Bertz CT molecular complexity index is 955. The third kappa shape index (κ3) is 5.66. The molecule has 2 amide bonds. The van der Waals surface area contributed by atoms with E-state index in [9.17, 15) is 32.9 Å². The molecule has 0 unspecified atom stereocenters. The van der Waals surface area contributed by atoms with Crippen molar-refractivity contribution in [2.24, 2.45) is 0 Å². The van der Waals surface area contributed by atoms with E-state index in [1.165, 1.54) is 36.4 Å². The van der Waals surface area contributed by atoms with Crippen LogP contribution in [0.5, 0.6) is 0 Å². The summed E-state index contributed by atoms with van der Waals surface area (Å²) >= 11 is 0. The van der Waals surface area contributed by atoms with Crippen molar-refractivity contribution in [2.75, 3.05) is 10.6 Å². The summed E-state index contributed by atoms with van der Waals surface area (Å²) in [6.07, 6.45) is -2.57. The first-order chi connectivity index (χ1) is 13.1. The number of hydrogen-bond donors (Lipinski definition) is 2. The molecule has 0 aliphatic carbocycles. The molecule has 2 aromatic rings. The molecule has 2 rings (SSSR count). The van der Waals surface area contributed by atoms with Gasteiger partial charge in [-0.2, -0.15) is 13.2 Å². The van der Waals surface area contributed by atoms with Crippen LogP contribution in [0.25, 0.3) is 6.08 Å². The average molecular weight is 393 g/mol. The number of alkyl halides is 3. The Morgan fingerprint density at radius 3 is 2.43 bits per heavy atom. The number of halogens is 3. The maximum atomic E-state index is 13.2. The van der Waals surface area contributed by atoms with Gasteiger partial charge >= 0.3 is 6.18 Å². The van der Waals surface area contributed by atoms with Gasteiger partial charge in [0.05, 0.1) is 16.2 Å². The van der Waals surface area contributed by atoms with Gasteiger partial charge in [0.1, 0.15) is 0 Å². The lowest BCUT2D eigenvalue weighted by atomic mass is 10.1. The van der Waals surface area contributed by atoms with Gasteiger partial charge in [-0.3, -0.25) is 19.7 Å². The third-order valence-corrected chi connectivity index (χ3v) is 3.41. The number of nitrogens with zero attached hydrogens (tertiary/aromatic N) is 1. The molecule has 0 aliphatic rings. The molecule has 146 valence electrons. The monoisotopic (exact) mass is 393 g/mol. The molecule has 0 heterocycles. The number of amides is 2. The molecule has 0 atom stereocenters. The average Bonchev–Trinajstić information content (AvgIpc) is 2.60. The standard InChI is InChI=1S/C18H14F3N3O4/c1-11(25)22-13-6-7-16(15(10-13)18(19,20)21)23-17(26)8-5-12-3-2-4-14(9-12)24(27)28/h2-10H,1H3,(H,22,25)(H,23,26)/b8-5+. The van der Waals surface area contributed by atoms with Crippen LogP contribution in [0.2, 0.25) is 0 Å². The predicted molar refractivity (Wildman–Crippen MR) is 96.5 cm³/mol. The van der Waals surface area contributed by atoms with Crippen LogP contribution >= 0.6 is 0 Å². The molecule has 0 bridgehead atoms. The smallest absolute Gasteiger partial charge is 0.326 e. The van der Waals surface area contributed by atoms with Gasteiger partial charge in [-0.25, -0.2) is 0 Å². The van der Waals surface area contributed by atoms with Gasteiger partial charge in [0.25, 0.3) is 5.69 Å². The lowest BCUT2D eigenvalue weighted by Gasteiger charge is -2.15. The van der Waals surface area contributed by atoms with Gasteiger partial charge in [-0.1, -0.05) is 12.1 Å². The van der Waals surface area contributed by atoms with Crippen LogP contribution in [0.15, 0.2) is 48.5 Å². The van der Waals surface area contributed by atoms with Crippen molar-refractivity contribution >= 4 is 35.0 Å². The zero-order chi connectivity index (χ0) is 20.9. The van der Waals surface area contributed by atoms with Crippen LogP contribution in [0, 0.1) is 10.1 Å². The molecule has 7 nitrogen and oxygen atoms in total. The zero-order valence-corrected chi connectivity index (χ0v) is 14.4. The number of hydrogen-bond acceptors (Lipinski definition) is 4. The van der Waals surface area contributed by atoms with E-state index in [0.717, 1.165) is 19.1 Å². The van der Waals surface area contributed by atoms with Gasteiger partial charge in [-0.05, 0) is 29.8 Å². The van der Waals surface area contributed by atoms with Crippen molar-refractivity contribution in [3.8, 4) is 0 Å². The van der Waals surface area contributed by atoms with Gasteiger partial charge in [0.2, 0.25) is 11.8 Å². The normalized spacial score (nSPS) is 11.3. The summed E-state index contributed by atoms with van der Waals surface area (Å²) in [7, 11) is 0. The predicted octanol–water partition coefficient (Wildman–Crippen LogP) is 4.22. The largest absolute Gasteiger partial charge is 0.418 e. The Hall–Kier alpha value is -3.69. The number of non-ortho nitro benzene ring substituents is 1. The summed E-state index contributed by atoms with van der Waals surface area (Å²) in [5, 5.41) is 15.1. The molecule has 0 saturated heterocycles. The number of rotatable bonds is 5. The van der Waals surface area contributed by atoms with Crippen molar-refractivity contribution in [3.63, 3.8) is 0 Å². The van der Waals surface area contributed by atoms with E-state index in [-0.39, 0.29) is 11.4 Å². The Labute approximate surface area is 157 Å². The van der Waals surface area contributed by atoms with Gasteiger partial charge in [0.15, 0.2) is 0 Å². The molecule has 0 aliphatic heterocycles. The quantitative estimate of drug-likeness (QED) is 0.451. The van der Waals surface area contributed by atoms with Gasteiger partial charge in [-0.15, -0.1) is 0 Å². The Balaban J connectivity index is 2.22. The molecule has 0 radical (unpaired) electrons. The van der Waals surface area contributed by atoms with Crippen molar-refractivity contribution in [1.82, 2.24) is 0 Å². The Morgan fingerprint density at radius 1 is 1.11 bits per heavy atom. The Kier molecular flexibility index (Phi) is 6.14. The molecule has 2 N–H and O–H groups in total. The minimum Gasteiger partial charge on any atom is -0.326 e. The fourth-order valence-corrected chi connectivity index (χ4v) is 2.26. The minimum absolute atomic E-state index is 0.0649. The number of anilines is 2. The van der Waals surface area contributed by atoms with E-state index in [4.69, 9.17) is 0 Å². The number of nitrogens with one attached hydrogen (secondary N) is 2. The summed E-state index contributed by atoms with van der Waals surface area (Å²) in [4.78, 5) is 33.1. The maximum Gasteiger partial charge on any atom is 0.418 e. The second kappa shape index (κ2) is 8.33. The molecule has 0 aromatic heterocycles. The first kappa shape index (κ1) is 20.6. The van der Waals surface area contributed by atoms with E-state index < -0.39 is 34.2 Å². The summed E-state index contributed by atoms with van der Waals surface area (Å²) in [5.74, 6) is -1.39. The number of carbonyl (C=O) groups excluding carboxylic acids is 2. The fourth-order valence-electron chi connectivity index (χ4n) is 2.26. The second-order valence-corrected chi connectivity index (χ2v) is 5.61. The number of carbonyl (C=O) groups is 2. The van der Waals surface area contributed by atoms with Crippen LogP contribution in [-0.2, 0) is 15.8 Å². The molecule has 0 fully saturated rings. The first-order valence-corrected chi connectivity index (χ1v) is 7.78. The summed E-state index contributed by atoms with van der Waals surface area (Å²) in [5.41, 5.74) is -1.53. The molecule has 28 heavy (non-hydrogen) atoms. The molecular formula is C18H14F3N3O4. The van der Waals surface area contributed by atoms with E-state index in [2.05, 4.69) is 10.6 Å². The number of nitro benzene ring substituents is 1. The second-order valence-electron chi connectivity index (χ2n) is 5.61. The number of benzene rings is 2. The summed E-state index contributed by atoms with van der Waals surface area (Å²) < 4.78 is 39.7. The molecular weight excluding hydrogens is 379 g/mol. The third-order valence-electron chi connectivity index (χ3n) is 3.41. The van der Waals surface area contributed by atoms with Gasteiger partial charge < -0.3 is 10.6 Å². The first-order valence-electron chi connectivity index (χ1n) is 7.78. The van der Waals surface area contributed by atoms with Crippen LogP contribution in [-0.4, -0.2) is 16.7 Å². The minimum atomic E-state index is -4.76. The topological polar surface area (TPSA) is 101 Å². The maximum absolute atomic E-state index is 13.2. The highest BCUT2D eigenvalue weighted by atomic mass is 19.4. The van der Waals surface area contributed by atoms with E-state index >= 15 is 0 Å². The van der Waals surface area contributed by atoms with E-state index in [0.29, 0.717) is 11.6 Å². The van der Waals surface area contributed by atoms with Crippen molar-refractivity contribution in [3.05, 3.63) is 69.8 Å². The summed E-state index contributed by atoms with van der Waals surface area (Å²) in [6, 6.07) is 8.35. The van der Waals surface area contributed by atoms with E-state index in [1.807, 2.05) is 0 Å². The Morgan fingerprint density at radius 2 is 1.82 bits per heavy atom. The fraction of sp³-hybridized carbons (Fsp3) is 0.111.